The number of ether oxygens (including phenoxy) is 1. The molecule has 0 aliphatic heterocycles. The molecule has 1 amide bonds. The lowest BCUT2D eigenvalue weighted by atomic mass is 9.81. The zero-order chi connectivity index (χ0) is 19.8. The van der Waals surface area contributed by atoms with Gasteiger partial charge in [-0.15, -0.1) is 0 Å². The van der Waals surface area contributed by atoms with Gasteiger partial charge in [0.1, 0.15) is 5.60 Å². The lowest BCUT2D eigenvalue weighted by Crippen LogP contribution is -2.44. The third kappa shape index (κ3) is 7.04. The Morgan fingerprint density at radius 2 is 1.73 bits per heavy atom. The Morgan fingerprint density at radius 1 is 1.12 bits per heavy atom. The van der Waals surface area contributed by atoms with Crippen LogP contribution in [0.25, 0.3) is 0 Å². The Labute approximate surface area is 156 Å². The maximum atomic E-state index is 11.9. The van der Waals surface area contributed by atoms with Gasteiger partial charge in [-0.2, -0.15) is 0 Å². The third-order valence-corrected chi connectivity index (χ3v) is 4.35. The molecule has 0 aromatic heterocycles. The number of amides is 1. The van der Waals surface area contributed by atoms with Crippen LogP contribution < -0.4 is 5.32 Å². The van der Waals surface area contributed by atoms with Crippen LogP contribution in [0.4, 0.5) is 4.79 Å². The number of hydrogen-bond donors (Lipinski definition) is 2. The number of alkyl carbamates (subject to hydrolysis) is 1. The molecule has 6 nitrogen and oxygen atoms in total. The van der Waals surface area contributed by atoms with E-state index in [0.717, 1.165) is 5.56 Å². The van der Waals surface area contributed by atoms with Crippen LogP contribution in [0.2, 0.25) is 0 Å². The molecule has 0 fully saturated rings. The number of nitrogens with one attached hydrogen (secondary N) is 1. The number of nitrogens with zero attached hydrogens (tertiary/aromatic N) is 1. The number of carbonyl (C=O) groups is 2. The van der Waals surface area contributed by atoms with Crippen molar-refractivity contribution in [3.63, 3.8) is 0 Å². The molecule has 0 saturated carbocycles. The zero-order valence-electron chi connectivity index (χ0n) is 16.5. The molecule has 146 valence electrons. The van der Waals surface area contributed by atoms with E-state index in [9.17, 15) is 9.59 Å². The normalized spacial score (nSPS) is 13.9. The van der Waals surface area contributed by atoms with Gasteiger partial charge in [0.25, 0.3) is 0 Å². The van der Waals surface area contributed by atoms with Crippen molar-refractivity contribution < 1.29 is 19.4 Å². The second kappa shape index (κ2) is 9.57. The van der Waals surface area contributed by atoms with Crippen LogP contribution in [0.5, 0.6) is 0 Å². The Morgan fingerprint density at radius 3 is 2.23 bits per heavy atom. The second-order valence-electron chi connectivity index (χ2n) is 7.72. The van der Waals surface area contributed by atoms with E-state index in [1.54, 1.807) is 0 Å². The molecule has 0 radical (unpaired) electrons. The van der Waals surface area contributed by atoms with Crippen LogP contribution in [0.15, 0.2) is 30.3 Å². The number of carbonyl (C=O) groups excluding carboxylic acids is 1. The largest absolute Gasteiger partial charge is 0.481 e. The van der Waals surface area contributed by atoms with Crippen molar-refractivity contribution >= 4 is 12.1 Å². The summed E-state index contributed by atoms with van der Waals surface area (Å²) in [5.41, 5.74) is 0.219. The van der Waals surface area contributed by atoms with E-state index in [-0.39, 0.29) is 12.0 Å². The number of hydrogen-bond acceptors (Lipinski definition) is 4. The Balaban J connectivity index is 2.89. The molecule has 26 heavy (non-hydrogen) atoms. The van der Waals surface area contributed by atoms with Crippen molar-refractivity contribution in [2.75, 3.05) is 20.6 Å². The number of carboxylic acid groups (broad SMARTS) is 1. The molecular weight excluding hydrogens is 332 g/mol. The summed E-state index contributed by atoms with van der Waals surface area (Å²) < 4.78 is 5.29. The van der Waals surface area contributed by atoms with Crippen LogP contribution in [0.1, 0.15) is 52.0 Å². The number of carboxylic acids is 1. The van der Waals surface area contributed by atoms with Gasteiger partial charge < -0.3 is 15.2 Å². The smallest absolute Gasteiger partial charge is 0.407 e. The fraction of sp³-hybridized carbons (Fsp3) is 0.600. The minimum absolute atomic E-state index is 0.127. The monoisotopic (exact) mass is 364 g/mol. The molecule has 0 aliphatic rings. The minimum atomic E-state index is -0.794. The van der Waals surface area contributed by atoms with Crippen molar-refractivity contribution in [3.8, 4) is 0 Å². The molecule has 1 aromatic carbocycles. The van der Waals surface area contributed by atoms with Gasteiger partial charge in [0.2, 0.25) is 0 Å². The Hall–Kier alpha value is -2.08. The molecule has 6 heteroatoms. The van der Waals surface area contributed by atoms with Crippen LogP contribution in [0.3, 0.4) is 0 Å². The molecule has 0 aliphatic carbocycles. The SMILES string of the molecule is CN(C)C(CCCC(=O)O)(CCNC(=O)OC(C)(C)C)c1ccccc1. The van der Waals surface area contributed by atoms with Gasteiger partial charge in [0.15, 0.2) is 0 Å². The lowest BCUT2D eigenvalue weighted by Gasteiger charge is -2.41. The average Bonchev–Trinajstić information content (AvgIpc) is 2.52. The summed E-state index contributed by atoms with van der Waals surface area (Å²) in [4.78, 5) is 25.0. The Kier molecular flexibility index (Phi) is 8.08. The van der Waals surface area contributed by atoms with E-state index < -0.39 is 17.7 Å². The van der Waals surface area contributed by atoms with Gasteiger partial charge in [0.05, 0.1) is 0 Å². The summed E-state index contributed by atoms with van der Waals surface area (Å²) >= 11 is 0. The quantitative estimate of drug-likeness (QED) is 0.700. The van der Waals surface area contributed by atoms with Gasteiger partial charge in [-0.25, -0.2) is 4.79 Å². The summed E-state index contributed by atoms with van der Waals surface area (Å²) in [6, 6.07) is 10.0. The number of aliphatic carboxylic acids is 1. The maximum Gasteiger partial charge on any atom is 0.407 e. The molecule has 1 atom stereocenters. The summed E-state index contributed by atoms with van der Waals surface area (Å²) in [6.07, 6.45) is 1.59. The van der Waals surface area contributed by atoms with Crippen molar-refractivity contribution in [2.24, 2.45) is 0 Å². The fourth-order valence-electron chi connectivity index (χ4n) is 3.09. The Bertz CT molecular complexity index is 581. The van der Waals surface area contributed by atoms with Gasteiger partial charge in [-0.1, -0.05) is 30.3 Å². The van der Waals surface area contributed by atoms with Crippen LogP contribution in [-0.2, 0) is 15.1 Å². The average molecular weight is 364 g/mol. The van der Waals surface area contributed by atoms with Gasteiger partial charge in [-0.3, -0.25) is 9.69 Å². The van der Waals surface area contributed by atoms with E-state index >= 15 is 0 Å². The van der Waals surface area contributed by atoms with Crippen LogP contribution in [-0.4, -0.2) is 48.3 Å². The van der Waals surface area contributed by atoms with Crippen molar-refractivity contribution in [3.05, 3.63) is 35.9 Å². The fourth-order valence-corrected chi connectivity index (χ4v) is 3.09. The summed E-state index contributed by atoms with van der Waals surface area (Å²) in [5.74, 6) is -0.794. The molecule has 0 heterocycles. The molecule has 1 aromatic rings. The minimum Gasteiger partial charge on any atom is -0.481 e. The van der Waals surface area contributed by atoms with Crippen molar-refractivity contribution in [2.45, 2.75) is 57.6 Å². The lowest BCUT2D eigenvalue weighted by molar-refractivity contribution is -0.137. The van der Waals surface area contributed by atoms with Gasteiger partial charge in [0, 0.05) is 18.5 Å². The predicted octanol–water partition coefficient (Wildman–Crippen LogP) is 3.61. The van der Waals surface area contributed by atoms with E-state index in [1.165, 1.54) is 0 Å². The van der Waals surface area contributed by atoms with Crippen molar-refractivity contribution in [1.29, 1.82) is 0 Å². The highest BCUT2D eigenvalue weighted by atomic mass is 16.6. The highest BCUT2D eigenvalue weighted by Gasteiger charge is 2.34. The molecular formula is C20H32N2O4. The van der Waals surface area contributed by atoms with E-state index in [0.29, 0.717) is 25.8 Å². The first-order chi connectivity index (χ1) is 12.1. The molecule has 0 spiro atoms. The first-order valence-electron chi connectivity index (χ1n) is 8.98. The maximum absolute atomic E-state index is 11.9. The molecule has 1 rings (SSSR count). The molecule has 2 N–H and O–H groups in total. The zero-order valence-corrected chi connectivity index (χ0v) is 16.5. The molecule has 1 unspecified atom stereocenters. The van der Waals surface area contributed by atoms with E-state index in [2.05, 4.69) is 10.2 Å². The summed E-state index contributed by atoms with van der Waals surface area (Å²) in [5, 5.41) is 11.8. The summed E-state index contributed by atoms with van der Waals surface area (Å²) in [6.45, 7) is 5.92. The third-order valence-electron chi connectivity index (χ3n) is 4.35. The first-order valence-corrected chi connectivity index (χ1v) is 8.98. The molecule has 0 saturated heterocycles. The van der Waals surface area contributed by atoms with Crippen LogP contribution >= 0.6 is 0 Å². The van der Waals surface area contributed by atoms with Crippen LogP contribution in [0, 0.1) is 0 Å². The van der Waals surface area contributed by atoms with Gasteiger partial charge in [-0.05, 0) is 59.7 Å². The number of benzene rings is 1. The van der Waals surface area contributed by atoms with E-state index in [1.807, 2.05) is 65.2 Å². The standard InChI is InChI=1S/C20H32N2O4/c1-19(2,3)26-18(25)21-15-14-20(22(4)5,13-9-12-17(23)24)16-10-7-6-8-11-16/h6-8,10-11H,9,12-15H2,1-5H3,(H,21,25)(H,23,24). The predicted molar refractivity (Wildman–Crippen MR) is 102 cm³/mol. The first kappa shape index (κ1) is 22.0. The topological polar surface area (TPSA) is 78.9 Å². The van der Waals surface area contributed by atoms with E-state index in [4.69, 9.17) is 9.84 Å². The van der Waals surface area contributed by atoms with Crippen molar-refractivity contribution in [1.82, 2.24) is 10.2 Å². The number of rotatable bonds is 9. The highest BCUT2D eigenvalue weighted by Crippen LogP contribution is 2.35. The highest BCUT2D eigenvalue weighted by molar-refractivity contribution is 5.67. The second-order valence-corrected chi connectivity index (χ2v) is 7.72. The molecule has 0 bridgehead atoms. The van der Waals surface area contributed by atoms with Gasteiger partial charge >= 0.3 is 12.1 Å². The summed E-state index contributed by atoms with van der Waals surface area (Å²) in [7, 11) is 3.97.